The number of benzene rings is 2. The van der Waals surface area contributed by atoms with Crippen LogP contribution in [0.4, 0.5) is 5.69 Å². The van der Waals surface area contributed by atoms with Gasteiger partial charge in [0.15, 0.2) is 0 Å². The molecule has 25 heavy (non-hydrogen) atoms. The third-order valence-electron chi connectivity index (χ3n) is 3.82. The van der Waals surface area contributed by atoms with Gasteiger partial charge in [0.2, 0.25) is 15.9 Å². The van der Waals surface area contributed by atoms with E-state index in [0.717, 1.165) is 18.4 Å². The van der Waals surface area contributed by atoms with E-state index in [4.69, 9.17) is 23.2 Å². The molecule has 1 aliphatic rings. The minimum atomic E-state index is -3.78. The Bertz CT molecular complexity index is 895. The number of hydrogen-bond acceptors (Lipinski definition) is 3. The Balaban J connectivity index is 1.64. The fourth-order valence-corrected chi connectivity index (χ4v) is 4.01. The maximum absolute atomic E-state index is 12.4. The molecule has 5 nitrogen and oxygen atoms in total. The van der Waals surface area contributed by atoms with Crippen molar-refractivity contribution in [1.29, 1.82) is 0 Å². The average molecular weight is 399 g/mol. The molecular weight excluding hydrogens is 383 g/mol. The molecule has 2 aromatic carbocycles. The smallest absolute Gasteiger partial charge is 0.242 e. The van der Waals surface area contributed by atoms with Gasteiger partial charge in [0.05, 0.1) is 5.02 Å². The molecule has 132 valence electrons. The normalized spacial score (nSPS) is 14.3. The summed E-state index contributed by atoms with van der Waals surface area (Å²) in [4.78, 5) is 11.6. The fraction of sp³-hybridized carbons (Fsp3) is 0.235. The summed E-state index contributed by atoms with van der Waals surface area (Å²) in [7, 11) is -3.78. The van der Waals surface area contributed by atoms with Gasteiger partial charge in [-0.3, -0.25) is 4.79 Å². The number of sulfonamides is 1. The third kappa shape index (κ3) is 4.73. The minimum Gasteiger partial charge on any atom is -0.326 e. The van der Waals surface area contributed by atoms with E-state index in [-0.39, 0.29) is 28.3 Å². The number of halogens is 2. The Labute approximate surface area is 156 Å². The van der Waals surface area contributed by atoms with E-state index in [9.17, 15) is 13.2 Å². The molecule has 0 aromatic heterocycles. The lowest BCUT2D eigenvalue weighted by Gasteiger charge is -2.10. The molecule has 0 spiro atoms. The number of nitrogens with one attached hydrogen (secondary N) is 2. The van der Waals surface area contributed by atoms with Crippen LogP contribution in [-0.2, 0) is 21.4 Å². The van der Waals surface area contributed by atoms with Gasteiger partial charge in [0, 0.05) is 23.2 Å². The highest BCUT2D eigenvalue weighted by molar-refractivity contribution is 7.89. The number of hydrogen-bond donors (Lipinski definition) is 2. The maximum atomic E-state index is 12.4. The van der Waals surface area contributed by atoms with Crippen molar-refractivity contribution in [2.24, 2.45) is 5.92 Å². The Morgan fingerprint density at radius 1 is 1.08 bits per heavy atom. The zero-order valence-electron chi connectivity index (χ0n) is 13.1. The van der Waals surface area contributed by atoms with Gasteiger partial charge in [-0.15, -0.1) is 0 Å². The predicted octanol–water partition coefficient (Wildman–Crippen LogP) is 3.82. The number of amides is 1. The highest BCUT2D eigenvalue weighted by Gasteiger charge is 2.29. The van der Waals surface area contributed by atoms with Gasteiger partial charge >= 0.3 is 0 Å². The Hall–Kier alpha value is -1.60. The largest absolute Gasteiger partial charge is 0.326 e. The van der Waals surface area contributed by atoms with Crippen LogP contribution in [0.1, 0.15) is 18.4 Å². The lowest BCUT2D eigenvalue weighted by molar-refractivity contribution is -0.117. The van der Waals surface area contributed by atoms with E-state index >= 15 is 0 Å². The monoisotopic (exact) mass is 398 g/mol. The summed E-state index contributed by atoms with van der Waals surface area (Å²) in [5, 5.41) is 3.23. The van der Waals surface area contributed by atoms with Crippen LogP contribution >= 0.6 is 23.2 Å². The summed E-state index contributed by atoms with van der Waals surface area (Å²) < 4.78 is 27.2. The summed E-state index contributed by atoms with van der Waals surface area (Å²) in [6.07, 6.45) is 1.88. The highest BCUT2D eigenvalue weighted by Crippen LogP contribution is 2.30. The second-order valence-corrected chi connectivity index (χ2v) is 8.44. The standard InChI is InChI=1S/C17H16Cl2N2O3S/c18-13-5-8-15(19)16(9-13)25(23,24)20-10-11-1-6-14(7-2-11)21-17(22)12-3-4-12/h1-2,5-9,12,20H,3-4,10H2,(H,21,22). The first kappa shape index (κ1) is 18.2. The summed E-state index contributed by atoms with van der Waals surface area (Å²) in [5.41, 5.74) is 1.45. The van der Waals surface area contributed by atoms with Gasteiger partial charge in [-0.2, -0.15) is 0 Å². The second kappa shape index (κ2) is 7.33. The molecule has 3 rings (SSSR count). The summed E-state index contributed by atoms with van der Waals surface area (Å²) in [6, 6.07) is 11.3. The van der Waals surface area contributed by atoms with E-state index in [0.29, 0.717) is 10.7 Å². The second-order valence-electron chi connectivity index (χ2n) is 5.86. The molecule has 1 aliphatic carbocycles. The molecule has 2 aromatic rings. The van der Waals surface area contributed by atoms with Crippen molar-refractivity contribution in [1.82, 2.24) is 4.72 Å². The van der Waals surface area contributed by atoms with Gasteiger partial charge < -0.3 is 5.32 Å². The molecule has 0 aliphatic heterocycles. The van der Waals surface area contributed by atoms with Crippen LogP contribution in [0.5, 0.6) is 0 Å². The first-order chi connectivity index (χ1) is 11.8. The van der Waals surface area contributed by atoms with Crippen LogP contribution in [0.25, 0.3) is 0 Å². The van der Waals surface area contributed by atoms with Crippen molar-refractivity contribution in [2.75, 3.05) is 5.32 Å². The number of carbonyl (C=O) groups excluding carboxylic acids is 1. The van der Waals surface area contributed by atoms with Gasteiger partial charge in [-0.1, -0.05) is 35.3 Å². The lowest BCUT2D eigenvalue weighted by Crippen LogP contribution is -2.23. The molecule has 0 saturated heterocycles. The average Bonchev–Trinajstić information content (AvgIpc) is 3.41. The molecule has 0 bridgehead atoms. The third-order valence-corrected chi connectivity index (χ3v) is 5.94. The molecular formula is C17H16Cl2N2O3S. The van der Waals surface area contributed by atoms with Crippen molar-refractivity contribution < 1.29 is 13.2 Å². The van der Waals surface area contributed by atoms with Crippen molar-refractivity contribution in [2.45, 2.75) is 24.3 Å². The fourth-order valence-electron chi connectivity index (χ4n) is 2.24. The van der Waals surface area contributed by atoms with Gasteiger partial charge in [-0.25, -0.2) is 13.1 Å². The van der Waals surface area contributed by atoms with Crippen LogP contribution < -0.4 is 10.0 Å². The molecule has 0 atom stereocenters. The maximum Gasteiger partial charge on any atom is 0.242 e. The zero-order chi connectivity index (χ0) is 18.0. The van der Waals surface area contributed by atoms with Crippen LogP contribution in [0, 0.1) is 5.92 Å². The van der Waals surface area contributed by atoms with Crippen LogP contribution in [0.15, 0.2) is 47.4 Å². The summed E-state index contributed by atoms with van der Waals surface area (Å²) in [5.74, 6) is 0.165. The predicted molar refractivity (Wildman–Crippen MR) is 98.3 cm³/mol. The van der Waals surface area contributed by atoms with Crippen molar-refractivity contribution in [3.05, 3.63) is 58.1 Å². The summed E-state index contributed by atoms with van der Waals surface area (Å²) >= 11 is 11.8. The van der Waals surface area contributed by atoms with E-state index < -0.39 is 10.0 Å². The highest BCUT2D eigenvalue weighted by atomic mass is 35.5. The molecule has 2 N–H and O–H groups in total. The van der Waals surface area contributed by atoms with Gasteiger partial charge in [0.25, 0.3) is 0 Å². The van der Waals surface area contributed by atoms with Crippen molar-refractivity contribution >= 4 is 44.8 Å². The van der Waals surface area contributed by atoms with E-state index in [1.165, 1.54) is 18.2 Å². The molecule has 0 unspecified atom stereocenters. The number of carbonyl (C=O) groups is 1. The van der Waals surface area contributed by atoms with Crippen molar-refractivity contribution in [3.63, 3.8) is 0 Å². The van der Waals surface area contributed by atoms with Crippen LogP contribution in [0.2, 0.25) is 10.0 Å². The Morgan fingerprint density at radius 2 is 1.76 bits per heavy atom. The van der Waals surface area contributed by atoms with Crippen molar-refractivity contribution in [3.8, 4) is 0 Å². The van der Waals surface area contributed by atoms with E-state index in [1.807, 2.05) is 0 Å². The lowest BCUT2D eigenvalue weighted by atomic mass is 10.2. The summed E-state index contributed by atoms with van der Waals surface area (Å²) in [6.45, 7) is 0.0992. The molecule has 0 heterocycles. The van der Waals surface area contributed by atoms with Gasteiger partial charge in [0.1, 0.15) is 4.90 Å². The quantitative estimate of drug-likeness (QED) is 0.776. The van der Waals surface area contributed by atoms with E-state index in [1.54, 1.807) is 24.3 Å². The first-order valence-corrected chi connectivity index (χ1v) is 9.93. The van der Waals surface area contributed by atoms with Gasteiger partial charge in [-0.05, 0) is 48.7 Å². The topological polar surface area (TPSA) is 75.3 Å². The number of rotatable bonds is 6. The SMILES string of the molecule is O=C(Nc1ccc(CNS(=O)(=O)c2cc(Cl)ccc2Cl)cc1)C1CC1. The first-order valence-electron chi connectivity index (χ1n) is 7.70. The molecule has 1 saturated carbocycles. The number of anilines is 1. The molecule has 8 heteroatoms. The minimum absolute atomic E-state index is 0.0315. The Kier molecular flexibility index (Phi) is 5.34. The zero-order valence-corrected chi connectivity index (χ0v) is 15.5. The molecule has 1 fully saturated rings. The van der Waals surface area contributed by atoms with Crippen LogP contribution in [0.3, 0.4) is 0 Å². The molecule has 0 radical (unpaired) electrons. The van der Waals surface area contributed by atoms with Crippen LogP contribution in [-0.4, -0.2) is 14.3 Å². The molecule has 1 amide bonds. The van der Waals surface area contributed by atoms with E-state index in [2.05, 4.69) is 10.0 Å². The Morgan fingerprint density at radius 3 is 2.40 bits per heavy atom.